The van der Waals surface area contributed by atoms with Crippen LogP contribution in [0.5, 0.6) is 0 Å². The Hall–Kier alpha value is -1.85. The van der Waals surface area contributed by atoms with E-state index in [1.807, 2.05) is 7.05 Å². The number of nitrogens with zero attached hydrogens (tertiary/aromatic N) is 2. The van der Waals surface area contributed by atoms with Gasteiger partial charge >= 0.3 is 0 Å². The molecule has 0 amide bonds. The fourth-order valence-corrected chi connectivity index (χ4v) is 3.52. The van der Waals surface area contributed by atoms with Gasteiger partial charge in [0.25, 0.3) is 0 Å². The van der Waals surface area contributed by atoms with Gasteiger partial charge in [-0.1, -0.05) is 44.2 Å². The molecule has 4 nitrogen and oxygen atoms in total. The maximum absolute atomic E-state index is 4.35. The fourth-order valence-electron chi connectivity index (χ4n) is 2.66. The van der Waals surface area contributed by atoms with Crippen LogP contribution in [0.3, 0.4) is 0 Å². The average Bonchev–Trinajstić information content (AvgIpc) is 3.10. The molecule has 2 aromatic rings. The van der Waals surface area contributed by atoms with E-state index in [9.17, 15) is 0 Å². The molecule has 0 spiro atoms. The van der Waals surface area contributed by atoms with Crippen LogP contribution in [0.2, 0.25) is 0 Å². The SMILES string of the molecule is CN=C(NCc1cccc(CN(C)C)c1)NCC(C)(C)c1cccs1. The Morgan fingerprint density at radius 2 is 1.88 bits per heavy atom. The largest absolute Gasteiger partial charge is 0.356 e. The van der Waals surface area contributed by atoms with Gasteiger partial charge in [0.05, 0.1) is 0 Å². The van der Waals surface area contributed by atoms with Gasteiger partial charge in [0.2, 0.25) is 0 Å². The van der Waals surface area contributed by atoms with Crippen LogP contribution in [0.25, 0.3) is 0 Å². The van der Waals surface area contributed by atoms with Gasteiger partial charge in [0.15, 0.2) is 5.96 Å². The summed E-state index contributed by atoms with van der Waals surface area (Å²) in [6.07, 6.45) is 0. The third-order valence-corrected chi connectivity index (χ3v) is 5.30. The molecule has 0 bridgehead atoms. The molecule has 25 heavy (non-hydrogen) atoms. The van der Waals surface area contributed by atoms with E-state index in [1.54, 1.807) is 11.3 Å². The lowest BCUT2D eigenvalue weighted by molar-refractivity contribution is 0.402. The molecule has 0 saturated carbocycles. The highest BCUT2D eigenvalue weighted by Crippen LogP contribution is 2.26. The average molecular weight is 359 g/mol. The monoisotopic (exact) mass is 358 g/mol. The first kappa shape index (κ1) is 19.5. The molecule has 0 unspecified atom stereocenters. The van der Waals surface area contributed by atoms with E-state index in [4.69, 9.17) is 0 Å². The standard InChI is InChI=1S/C20H30N4S/c1-20(2,18-10-7-11-25-18)15-23-19(21-3)22-13-16-8-6-9-17(12-16)14-24(4)5/h6-12H,13-15H2,1-5H3,(H2,21,22,23). The van der Waals surface area contributed by atoms with Crippen molar-refractivity contribution in [3.8, 4) is 0 Å². The van der Waals surface area contributed by atoms with Crippen molar-refractivity contribution in [1.29, 1.82) is 0 Å². The van der Waals surface area contributed by atoms with Gasteiger partial charge < -0.3 is 15.5 Å². The molecule has 0 radical (unpaired) electrons. The summed E-state index contributed by atoms with van der Waals surface area (Å²) in [5.41, 5.74) is 2.67. The Morgan fingerprint density at radius 3 is 2.52 bits per heavy atom. The summed E-state index contributed by atoms with van der Waals surface area (Å²) in [6, 6.07) is 13.0. The predicted molar refractivity (Wildman–Crippen MR) is 109 cm³/mol. The first-order valence-corrected chi connectivity index (χ1v) is 9.50. The van der Waals surface area contributed by atoms with Crippen LogP contribution < -0.4 is 10.6 Å². The zero-order valence-electron chi connectivity index (χ0n) is 16.0. The number of hydrogen-bond acceptors (Lipinski definition) is 3. The molecule has 0 aliphatic rings. The maximum atomic E-state index is 4.35. The van der Waals surface area contributed by atoms with E-state index in [1.165, 1.54) is 16.0 Å². The summed E-state index contributed by atoms with van der Waals surface area (Å²) in [5, 5.41) is 9.00. The van der Waals surface area contributed by atoms with E-state index < -0.39 is 0 Å². The lowest BCUT2D eigenvalue weighted by Crippen LogP contribution is -2.42. The zero-order valence-corrected chi connectivity index (χ0v) is 16.8. The Bertz CT molecular complexity index is 675. The Labute approximate surface area is 156 Å². The molecule has 136 valence electrons. The van der Waals surface area contributed by atoms with Gasteiger partial charge in [-0.3, -0.25) is 4.99 Å². The van der Waals surface area contributed by atoms with E-state index in [0.29, 0.717) is 0 Å². The fraction of sp³-hybridized carbons (Fsp3) is 0.450. The number of nitrogens with one attached hydrogen (secondary N) is 2. The smallest absolute Gasteiger partial charge is 0.191 e. The van der Waals surface area contributed by atoms with Crippen molar-refractivity contribution in [1.82, 2.24) is 15.5 Å². The highest BCUT2D eigenvalue weighted by molar-refractivity contribution is 7.10. The van der Waals surface area contributed by atoms with Crippen LogP contribution in [-0.4, -0.2) is 38.5 Å². The van der Waals surface area contributed by atoms with Crippen molar-refractivity contribution < 1.29 is 0 Å². The Morgan fingerprint density at radius 1 is 1.12 bits per heavy atom. The molecule has 1 heterocycles. The van der Waals surface area contributed by atoms with Crippen LogP contribution in [0.4, 0.5) is 0 Å². The maximum Gasteiger partial charge on any atom is 0.191 e. The van der Waals surface area contributed by atoms with Crippen LogP contribution in [0.15, 0.2) is 46.8 Å². The van der Waals surface area contributed by atoms with Gasteiger partial charge in [0, 0.05) is 37.0 Å². The third-order valence-electron chi connectivity index (χ3n) is 4.06. The number of rotatable bonds is 7. The molecule has 5 heteroatoms. The van der Waals surface area contributed by atoms with Gasteiger partial charge in [0.1, 0.15) is 0 Å². The van der Waals surface area contributed by atoms with Gasteiger partial charge in [-0.05, 0) is 36.7 Å². The molecule has 2 N–H and O–H groups in total. The molecule has 0 aliphatic carbocycles. The number of benzene rings is 1. The van der Waals surface area contributed by atoms with E-state index in [-0.39, 0.29) is 5.41 Å². The summed E-state index contributed by atoms with van der Waals surface area (Å²) in [7, 11) is 5.99. The molecule has 1 aromatic heterocycles. The van der Waals surface area contributed by atoms with Crippen molar-refractivity contribution in [2.75, 3.05) is 27.7 Å². The summed E-state index contributed by atoms with van der Waals surface area (Å²) in [5.74, 6) is 0.836. The van der Waals surface area contributed by atoms with Gasteiger partial charge in [-0.15, -0.1) is 11.3 Å². The lowest BCUT2D eigenvalue weighted by Gasteiger charge is -2.25. The van der Waals surface area contributed by atoms with Crippen LogP contribution in [0.1, 0.15) is 29.9 Å². The topological polar surface area (TPSA) is 39.7 Å². The molecule has 2 rings (SSSR count). The second-order valence-corrected chi connectivity index (χ2v) is 8.15. The molecule has 0 atom stereocenters. The summed E-state index contributed by atoms with van der Waals surface area (Å²) in [6.45, 7) is 7.07. The highest BCUT2D eigenvalue weighted by Gasteiger charge is 2.21. The van der Waals surface area contributed by atoms with Crippen molar-refractivity contribution in [2.45, 2.75) is 32.4 Å². The van der Waals surface area contributed by atoms with E-state index in [2.05, 4.69) is 90.2 Å². The number of hydrogen-bond donors (Lipinski definition) is 2. The number of thiophene rings is 1. The first-order chi connectivity index (χ1) is 11.9. The molecular formula is C20H30N4S. The summed E-state index contributed by atoms with van der Waals surface area (Å²) in [4.78, 5) is 7.91. The lowest BCUT2D eigenvalue weighted by atomic mass is 9.91. The van der Waals surface area contributed by atoms with Crippen molar-refractivity contribution in [2.24, 2.45) is 4.99 Å². The first-order valence-electron chi connectivity index (χ1n) is 8.62. The number of guanidine groups is 1. The van der Waals surface area contributed by atoms with E-state index in [0.717, 1.165) is 25.6 Å². The molecule has 1 aromatic carbocycles. The molecular weight excluding hydrogens is 328 g/mol. The minimum Gasteiger partial charge on any atom is -0.356 e. The summed E-state index contributed by atoms with van der Waals surface area (Å²) < 4.78 is 0. The summed E-state index contributed by atoms with van der Waals surface area (Å²) >= 11 is 1.80. The molecule has 0 fully saturated rings. The van der Waals surface area contributed by atoms with Crippen LogP contribution in [-0.2, 0) is 18.5 Å². The normalized spacial score (nSPS) is 12.5. The molecule has 0 saturated heterocycles. The zero-order chi connectivity index (χ0) is 18.3. The Kier molecular flexibility index (Phi) is 7.02. The van der Waals surface area contributed by atoms with E-state index >= 15 is 0 Å². The van der Waals surface area contributed by atoms with Crippen molar-refractivity contribution >= 4 is 17.3 Å². The van der Waals surface area contributed by atoms with Crippen LogP contribution in [0, 0.1) is 0 Å². The van der Waals surface area contributed by atoms with Gasteiger partial charge in [-0.25, -0.2) is 0 Å². The van der Waals surface area contributed by atoms with Gasteiger partial charge in [-0.2, -0.15) is 0 Å². The second kappa shape index (κ2) is 9.02. The minimum atomic E-state index is 0.0808. The third kappa shape index (κ3) is 6.18. The second-order valence-electron chi connectivity index (χ2n) is 7.20. The van der Waals surface area contributed by atoms with Crippen molar-refractivity contribution in [3.05, 3.63) is 57.8 Å². The van der Waals surface area contributed by atoms with Crippen LogP contribution >= 0.6 is 11.3 Å². The predicted octanol–water partition coefficient (Wildman–Crippen LogP) is 3.45. The Balaban J connectivity index is 1.88. The minimum absolute atomic E-state index is 0.0808. The molecule has 0 aliphatic heterocycles. The van der Waals surface area contributed by atoms with Crippen molar-refractivity contribution in [3.63, 3.8) is 0 Å². The number of aliphatic imine (C=N–C) groups is 1. The highest BCUT2D eigenvalue weighted by atomic mass is 32.1. The quantitative estimate of drug-likeness (QED) is 0.588.